The third kappa shape index (κ3) is 3.92. The van der Waals surface area contributed by atoms with Crippen molar-refractivity contribution in [3.63, 3.8) is 0 Å². The maximum atomic E-state index is 12.9. The SMILES string of the molecule is CCCC(C(=O)N1C[C@H](C(=O)O)[C@H](c2ccccc2)C1)C(C)C. The lowest BCUT2D eigenvalue weighted by Gasteiger charge is -2.26. The second kappa shape index (κ2) is 7.62. The first-order chi connectivity index (χ1) is 11.0. The Morgan fingerprint density at radius 2 is 1.87 bits per heavy atom. The zero-order valence-corrected chi connectivity index (χ0v) is 14.2. The van der Waals surface area contributed by atoms with Crippen LogP contribution in [0.1, 0.15) is 45.1 Å². The minimum absolute atomic E-state index is 0.0102. The summed E-state index contributed by atoms with van der Waals surface area (Å²) in [6, 6.07) is 9.69. The molecule has 2 rings (SSSR count). The van der Waals surface area contributed by atoms with Crippen molar-refractivity contribution >= 4 is 11.9 Å². The molecule has 4 heteroatoms. The van der Waals surface area contributed by atoms with Crippen molar-refractivity contribution in [2.24, 2.45) is 17.8 Å². The molecule has 1 saturated heterocycles. The Kier molecular flexibility index (Phi) is 5.80. The van der Waals surface area contributed by atoms with Gasteiger partial charge in [0.2, 0.25) is 5.91 Å². The van der Waals surface area contributed by atoms with Crippen LogP contribution in [0.5, 0.6) is 0 Å². The fourth-order valence-electron chi connectivity index (χ4n) is 3.56. The minimum Gasteiger partial charge on any atom is -0.481 e. The summed E-state index contributed by atoms with van der Waals surface area (Å²) in [6.07, 6.45) is 1.83. The Morgan fingerprint density at radius 1 is 1.22 bits per heavy atom. The zero-order chi connectivity index (χ0) is 17.0. The summed E-state index contributed by atoms with van der Waals surface area (Å²) in [5, 5.41) is 9.56. The first-order valence-corrected chi connectivity index (χ1v) is 8.52. The van der Waals surface area contributed by atoms with Gasteiger partial charge in [-0.05, 0) is 17.9 Å². The van der Waals surface area contributed by atoms with Crippen LogP contribution in [0.2, 0.25) is 0 Å². The highest BCUT2D eigenvalue weighted by Crippen LogP contribution is 2.34. The number of carbonyl (C=O) groups excluding carboxylic acids is 1. The van der Waals surface area contributed by atoms with E-state index in [1.165, 1.54) is 0 Å². The topological polar surface area (TPSA) is 57.6 Å². The number of carboxylic acids is 1. The van der Waals surface area contributed by atoms with Gasteiger partial charge in [-0.15, -0.1) is 0 Å². The molecular formula is C19H27NO3. The van der Waals surface area contributed by atoms with Crippen LogP contribution in [-0.2, 0) is 9.59 Å². The second-order valence-corrected chi connectivity index (χ2v) is 6.84. The molecule has 0 radical (unpaired) electrons. The molecule has 1 heterocycles. The van der Waals surface area contributed by atoms with Crippen LogP contribution < -0.4 is 0 Å². The second-order valence-electron chi connectivity index (χ2n) is 6.84. The predicted octanol–water partition coefficient (Wildman–Crippen LogP) is 3.39. The van der Waals surface area contributed by atoms with Gasteiger partial charge >= 0.3 is 5.97 Å². The summed E-state index contributed by atoms with van der Waals surface area (Å²) in [6.45, 7) is 7.04. The fraction of sp³-hybridized carbons (Fsp3) is 0.579. The maximum absolute atomic E-state index is 12.9. The summed E-state index contributed by atoms with van der Waals surface area (Å²) in [7, 11) is 0. The lowest BCUT2D eigenvalue weighted by Crippen LogP contribution is -2.37. The molecule has 1 N–H and O–H groups in total. The summed E-state index contributed by atoms with van der Waals surface area (Å²) >= 11 is 0. The Bertz CT molecular complexity index is 541. The van der Waals surface area contributed by atoms with E-state index in [1.54, 1.807) is 4.90 Å². The molecule has 0 spiro atoms. The molecule has 0 aliphatic carbocycles. The van der Waals surface area contributed by atoms with Crippen molar-refractivity contribution in [1.82, 2.24) is 4.90 Å². The largest absolute Gasteiger partial charge is 0.481 e. The van der Waals surface area contributed by atoms with Gasteiger partial charge in [-0.3, -0.25) is 9.59 Å². The molecule has 23 heavy (non-hydrogen) atoms. The Hall–Kier alpha value is -1.84. The van der Waals surface area contributed by atoms with E-state index >= 15 is 0 Å². The number of carboxylic acid groups (broad SMARTS) is 1. The minimum atomic E-state index is -0.814. The lowest BCUT2D eigenvalue weighted by atomic mass is 9.89. The number of carbonyl (C=O) groups is 2. The van der Waals surface area contributed by atoms with E-state index in [4.69, 9.17) is 0 Å². The van der Waals surface area contributed by atoms with Gasteiger partial charge in [-0.1, -0.05) is 57.5 Å². The van der Waals surface area contributed by atoms with Crippen LogP contribution in [0.15, 0.2) is 30.3 Å². The van der Waals surface area contributed by atoms with Crippen LogP contribution in [0, 0.1) is 17.8 Å². The van der Waals surface area contributed by atoms with Crippen LogP contribution >= 0.6 is 0 Å². The number of amides is 1. The van der Waals surface area contributed by atoms with E-state index in [0.717, 1.165) is 18.4 Å². The van der Waals surface area contributed by atoms with Crippen LogP contribution in [0.4, 0.5) is 0 Å². The summed E-state index contributed by atoms with van der Waals surface area (Å²) < 4.78 is 0. The van der Waals surface area contributed by atoms with Crippen molar-refractivity contribution < 1.29 is 14.7 Å². The van der Waals surface area contributed by atoms with Crippen molar-refractivity contribution in [3.05, 3.63) is 35.9 Å². The molecule has 3 atom stereocenters. The summed E-state index contributed by atoms with van der Waals surface area (Å²) in [5.41, 5.74) is 1.01. The number of hydrogen-bond acceptors (Lipinski definition) is 2. The van der Waals surface area contributed by atoms with Gasteiger partial charge in [0.25, 0.3) is 0 Å². The van der Waals surface area contributed by atoms with E-state index in [9.17, 15) is 14.7 Å². The highest BCUT2D eigenvalue weighted by molar-refractivity contribution is 5.81. The lowest BCUT2D eigenvalue weighted by molar-refractivity contribution is -0.142. The fourth-order valence-corrected chi connectivity index (χ4v) is 3.56. The van der Waals surface area contributed by atoms with Gasteiger partial charge in [-0.25, -0.2) is 0 Å². The Balaban J connectivity index is 2.19. The monoisotopic (exact) mass is 317 g/mol. The third-order valence-corrected chi connectivity index (χ3v) is 4.90. The van der Waals surface area contributed by atoms with E-state index in [0.29, 0.717) is 13.1 Å². The number of likely N-dealkylation sites (tertiary alicyclic amines) is 1. The molecule has 1 aromatic rings. The quantitative estimate of drug-likeness (QED) is 0.875. The highest BCUT2D eigenvalue weighted by atomic mass is 16.4. The van der Waals surface area contributed by atoms with E-state index < -0.39 is 11.9 Å². The van der Waals surface area contributed by atoms with Crippen LogP contribution in [0.3, 0.4) is 0 Å². The number of aliphatic carboxylic acids is 1. The Morgan fingerprint density at radius 3 is 2.39 bits per heavy atom. The molecule has 0 bridgehead atoms. The number of rotatable bonds is 6. The standard InChI is InChI=1S/C19H27NO3/c1-4-8-15(13(2)3)18(21)20-11-16(17(12-20)19(22)23)14-9-6-5-7-10-14/h5-7,9-10,13,15-17H,4,8,11-12H2,1-3H3,(H,22,23)/t15?,16-,17-/m0/s1. The van der Waals surface area contributed by atoms with Gasteiger partial charge in [0.15, 0.2) is 0 Å². The van der Waals surface area contributed by atoms with Crippen molar-refractivity contribution in [2.75, 3.05) is 13.1 Å². The van der Waals surface area contributed by atoms with Gasteiger partial charge in [0.1, 0.15) is 0 Å². The molecule has 126 valence electrons. The average Bonchev–Trinajstić information content (AvgIpc) is 2.98. The summed E-state index contributed by atoms with van der Waals surface area (Å²) in [5.74, 6) is -1.06. The normalized spacial score (nSPS) is 22.3. The van der Waals surface area contributed by atoms with Gasteiger partial charge in [-0.2, -0.15) is 0 Å². The Labute approximate surface area is 138 Å². The van der Waals surface area contributed by atoms with Crippen molar-refractivity contribution in [1.29, 1.82) is 0 Å². The molecular weight excluding hydrogens is 290 g/mol. The van der Waals surface area contributed by atoms with Crippen molar-refractivity contribution in [2.45, 2.75) is 39.5 Å². The van der Waals surface area contributed by atoms with E-state index in [-0.39, 0.29) is 23.7 Å². The molecule has 1 amide bonds. The molecule has 1 fully saturated rings. The zero-order valence-electron chi connectivity index (χ0n) is 14.2. The van der Waals surface area contributed by atoms with Gasteiger partial charge in [0.05, 0.1) is 5.92 Å². The number of benzene rings is 1. The highest BCUT2D eigenvalue weighted by Gasteiger charge is 2.42. The third-order valence-electron chi connectivity index (χ3n) is 4.90. The number of hydrogen-bond donors (Lipinski definition) is 1. The van der Waals surface area contributed by atoms with Crippen LogP contribution in [-0.4, -0.2) is 35.0 Å². The molecule has 0 saturated carbocycles. The van der Waals surface area contributed by atoms with E-state index in [2.05, 4.69) is 20.8 Å². The molecule has 1 unspecified atom stereocenters. The van der Waals surface area contributed by atoms with Gasteiger partial charge < -0.3 is 10.0 Å². The average molecular weight is 317 g/mol. The van der Waals surface area contributed by atoms with Gasteiger partial charge in [0, 0.05) is 24.9 Å². The molecule has 1 aliphatic rings. The first-order valence-electron chi connectivity index (χ1n) is 8.52. The molecule has 4 nitrogen and oxygen atoms in total. The first kappa shape index (κ1) is 17.5. The summed E-state index contributed by atoms with van der Waals surface area (Å²) in [4.78, 5) is 26.3. The molecule has 0 aromatic heterocycles. The van der Waals surface area contributed by atoms with E-state index in [1.807, 2.05) is 30.3 Å². The van der Waals surface area contributed by atoms with Crippen molar-refractivity contribution in [3.8, 4) is 0 Å². The maximum Gasteiger partial charge on any atom is 0.308 e. The molecule has 1 aliphatic heterocycles. The molecule has 1 aromatic carbocycles. The smallest absolute Gasteiger partial charge is 0.308 e. The predicted molar refractivity (Wildman–Crippen MR) is 90.1 cm³/mol. The van der Waals surface area contributed by atoms with Crippen LogP contribution in [0.25, 0.3) is 0 Å². The number of nitrogens with zero attached hydrogens (tertiary/aromatic N) is 1.